The van der Waals surface area contributed by atoms with Crippen molar-refractivity contribution in [2.75, 3.05) is 30.5 Å². The molecule has 5 aromatic rings. The van der Waals surface area contributed by atoms with E-state index in [1.807, 2.05) is 6.07 Å². The van der Waals surface area contributed by atoms with Crippen LogP contribution in [0.3, 0.4) is 0 Å². The molecule has 2 amide bonds. The Labute approximate surface area is 238 Å². The van der Waals surface area contributed by atoms with Crippen LogP contribution in [0.5, 0.6) is 5.88 Å². The zero-order valence-electron chi connectivity index (χ0n) is 22.3. The number of ether oxygens (including phenoxy) is 1. The lowest BCUT2D eigenvalue weighted by Gasteiger charge is -2.12. The fourth-order valence-electron chi connectivity index (χ4n) is 4.33. The van der Waals surface area contributed by atoms with E-state index in [1.54, 1.807) is 61.5 Å². The van der Waals surface area contributed by atoms with Crippen LogP contribution in [0.2, 0.25) is 0 Å². The van der Waals surface area contributed by atoms with Crippen molar-refractivity contribution in [2.45, 2.75) is 13.1 Å². The van der Waals surface area contributed by atoms with Crippen LogP contribution in [-0.4, -0.2) is 55.2 Å². The molecule has 42 heavy (non-hydrogen) atoms. The first kappa shape index (κ1) is 28.6. The van der Waals surface area contributed by atoms with Gasteiger partial charge in [-0.1, -0.05) is 48.5 Å². The number of urea groups is 1. The van der Waals surface area contributed by atoms with E-state index < -0.39 is 23.7 Å². The quantitative estimate of drug-likeness (QED) is 0.191. The number of para-hydroxylation sites is 1. The Morgan fingerprint density at radius 3 is 2.24 bits per heavy atom. The van der Waals surface area contributed by atoms with Gasteiger partial charge in [0.15, 0.2) is 5.65 Å². The average Bonchev–Trinajstić information content (AvgIpc) is 3.51. The van der Waals surface area contributed by atoms with Gasteiger partial charge in [-0.15, -0.1) is 5.10 Å². The number of amides is 2. The number of nitrogens with one attached hydrogen (secondary N) is 2. The zero-order chi connectivity index (χ0) is 29.9. The van der Waals surface area contributed by atoms with Gasteiger partial charge in [0.05, 0.1) is 36.6 Å². The number of alkyl halides is 3. The molecule has 0 bridgehead atoms. The fraction of sp³-hybridized carbons (Fsp3) is 0.207. The van der Waals surface area contributed by atoms with Crippen molar-refractivity contribution < 1.29 is 32.9 Å². The molecule has 0 atom stereocenters. The summed E-state index contributed by atoms with van der Waals surface area (Å²) < 4.78 is 49.8. The summed E-state index contributed by atoms with van der Waals surface area (Å²) in [6.45, 7) is 1.07. The number of fused-ring (bicyclic) bond motifs is 1. The molecule has 0 saturated heterocycles. The van der Waals surface area contributed by atoms with Crippen molar-refractivity contribution in [1.29, 1.82) is 0 Å². The Kier molecular flexibility index (Phi) is 8.13. The predicted octanol–water partition coefficient (Wildman–Crippen LogP) is 5.14. The Morgan fingerprint density at radius 1 is 0.952 bits per heavy atom. The molecule has 0 radical (unpaired) electrons. The maximum absolute atomic E-state index is 13.8. The molecule has 0 unspecified atom stereocenters. The van der Waals surface area contributed by atoms with Gasteiger partial charge in [0.25, 0.3) is 0 Å². The third kappa shape index (κ3) is 5.78. The highest BCUT2D eigenvalue weighted by atomic mass is 19.4. The molecule has 2 aromatic carbocycles. The number of imidazole rings is 1. The van der Waals surface area contributed by atoms with Gasteiger partial charge in [0.2, 0.25) is 5.88 Å². The van der Waals surface area contributed by atoms with Gasteiger partial charge in [0, 0.05) is 17.7 Å². The highest BCUT2D eigenvalue weighted by Gasteiger charge is 2.35. The Bertz CT molecular complexity index is 1680. The van der Waals surface area contributed by atoms with Gasteiger partial charge in [0.1, 0.15) is 17.3 Å². The van der Waals surface area contributed by atoms with E-state index in [1.165, 1.54) is 21.3 Å². The minimum absolute atomic E-state index is 0.0188. The number of carbonyl (C=O) groups is 1. The van der Waals surface area contributed by atoms with Crippen LogP contribution in [0.1, 0.15) is 11.1 Å². The number of pyridine rings is 1. The van der Waals surface area contributed by atoms with E-state index in [4.69, 9.17) is 4.74 Å². The molecule has 0 fully saturated rings. The third-order valence-electron chi connectivity index (χ3n) is 6.52. The number of nitrogens with zero attached hydrogens (tertiary/aromatic N) is 4. The third-order valence-corrected chi connectivity index (χ3v) is 6.52. The molecule has 0 spiro atoms. The minimum atomic E-state index is -4.66. The monoisotopic (exact) mass is 580 g/mol. The van der Waals surface area contributed by atoms with Gasteiger partial charge >= 0.3 is 12.2 Å². The lowest BCUT2D eigenvalue weighted by molar-refractivity contribution is -0.136. The topological polar surface area (TPSA) is 126 Å². The summed E-state index contributed by atoms with van der Waals surface area (Å²) in [6, 6.07) is 18.9. The molecular formula is C29H27F3N6O4. The van der Waals surface area contributed by atoms with Crippen molar-refractivity contribution >= 4 is 23.3 Å². The summed E-state index contributed by atoms with van der Waals surface area (Å²) in [5.41, 5.74) is 0.403. The maximum atomic E-state index is 13.8. The number of rotatable bonds is 9. The standard InChI is InChI=1S/C29H27F3N6O4/c1-18-24(38(21-11-6-3-7-12-21)36-27(18)42-17-19(15-39)16-40)34-28(41)35-26-23(20-9-4-2-5-10-20)33-25-22(29(30,31)32)13-8-14-37(25)26/h2-14,19,39-40H,15-17H2,1H3,(H2,34,35,41). The second-order valence-electron chi connectivity index (χ2n) is 9.44. The van der Waals surface area contributed by atoms with Gasteiger partial charge in [-0.2, -0.15) is 13.2 Å². The summed E-state index contributed by atoms with van der Waals surface area (Å²) in [7, 11) is 0. The molecule has 5 rings (SSSR count). The van der Waals surface area contributed by atoms with Crippen LogP contribution in [-0.2, 0) is 6.18 Å². The van der Waals surface area contributed by atoms with Gasteiger partial charge in [-0.05, 0) is 31.2 Å². The van der Waals surface area contributed by atoms with E-state index in [0.29, 0.717) is 16.8 Å². The molecule has 4 N–H and O–H groups in total. The Balaban J connectivity index is 1.53. The van der Waals surface area contributed by atoms with Crippen molar-refractivity contribution in [3.8, 4) is 22.8 Å². The van der Waals surface area contributed by atoms with Crippen LogP contribution in [0.4, 0.5) is 29.6 Å². The normalized spacial score (nSPS) is 11.7. The number of hydrogen-bond acceptors (Lipinski definition) is 6. The summed E-state index contributed by atoms with van der Waals surface area (Å²) >= 11 is 0. The SMILES string of the molecule is Cc1c(OCC(CO)CO)nn(-c2ccccc2)c1NC(=O)Nc1c(-c2ccccc2)nc2c(C(F)(F)F)cccn12. The lowest BCUT2D eigenvalue weighted by atomic mass is 10.1. The van der Waals surface area contributed by atoms with E-state index in [9.17, 15) is 28.2 Å². The van der Waals surface area contributed by atoms with Crippen LogP contribution in [0.25, 0.3) is 22.6 Å². The lowest BCUT2D eigenvalue weighted by Crippen LogP contribution is -2.23. The molecule has 218 valence electrons. The molecule has 0 aliphatic rings. The second-order valence-corrected chi connectivity index (χ2v) is 9.44. The van der Waals surface area contributed by atoms with Crippen LogP contribution >= 0.6 is 0 Å². The molecule has 13 heteroatoms. The number of aliphatic hydroxyl groups excluding tert-OH is 2. The summed E-state index contributed by atoms with van der Waals surface area (Å²) in [6.07, 6.45) is -3.27. The fourth-order valence-corrected chi connectivity index (χ4v) is 4.33. The molecule has 0 aliphatic carbocycles. The number of benzene rings is 2. The first-order valence-electron chi connectivity index (χ1n) is 12.9. The largest absolute Gasteiger partial charge is 0.476 e. The van der Waals surface area contributed by atoms with Crippen LogP contribution < -0.4 is 15.4 Å². The average molecular weight is 581 g/mol. The Hall–Kier alpha value is -4.88. The van der Waals surface area contributed by atoms with Crippen molar-refractivity contribution in [3.63, 3.8) is 0 Å². The van der Waals surface area contributed by atoms with Crippen LogP contribution in [0, 0.1) is 12.8 Å². The number of hydrogen-bond donors (Lipinski definition) is 4. The van der Waals surface area contributed by atoms with E-state index in [2.05, 4.69) is 20.7 Å². The number of aromatic nitrogens is 4. The second kappa shape index (κ2) is 11.9. The van der Waals surface area contributed by atoms with Crippen molar-refractivity contribution in [1.82, 2.24) is 19.2 Å². The summed E-state index contributed by atoms with van der Waals surface area (Å²) in [4.78, 5) is 17.7. The summed E-state index contributed by atoms with van der Waals surface area (Å²) in [5, 5.41) is 28.7. The zero-order valence-corrected chi connectivity index (χ0v) is 22.3. The molecule has 10 nitrogen and oxygen atoms in total. The summed E-state index contributed by atoms with van der Waals surface area (Å²) in [5.74, 6) is -0.0903. The maximum Gasteiger partial charge on any atom is 0.419 e. The Morgan fingerprint density at radius 2 is 1.60 bits per heavy atom. The first-order chi connectivity index (χ1) is 20.2. The van der Waals surface area contributed by atoms with E-state index >= 15 is 0 Å². The minimum Gasteiger partial charge on any atom is -0.476 e. The van der Waals surface area contributed by atoms with Gasteiger partial charge in [-0.3, -0.25) is 15.0 Å². The number of halogens is 3. The van der Waals surface area contributed by atoms with E-state index in [0.717, 1.165) is 6.07 Å². The van der Waals surface area contributed by atoms with Gasteiger partial charge < -0.3 is 14.9 Å². The predicted molar refractivity (Wildman–Crippen MR) is 150 cm³/mol. The molecule has 3 aromatic heterocycles. The number of carbonyl (C=O) groups excluding carboxylic acids is 1. The highest BCUT2D eigenvalue weighted by Crippen LogP contribution is 2.37. The smallest absolute Gasteiger partial charge is 0.419 e. The van der Waals surface area contributed by atoms with Crippen LogP contribution in [0.15, 0.2) is 79.0 Å². The first-order valence-corrected chi connectivity index (χ1v) is 12.9. The number of anilines is 2. The molecule has 0 aliphatic heterocycles. The van der Waals surface area contributed by atoms with E-state index in [-0.39, 0.29) is 48.7 Å². The molecule has 0 saturated carbocycles. The molecular weight excluding hydrogens is 553 g/mol. The number of aliphatic hydroxyl groups is 2. The molecule has 3 heterocycles. The van der Waals surface area contributed by atoms with Crippen molar-refractivity contribution in [2.24, 2.45) is 5.92 Å². The highest BCUT2D eigenvalue weighted by molar-refractivity contribution is 6.02. The van der Waals surface area contributed by atoms with Gasteiger partial charge in [-0.25, -0.2) is 14.5 Å². The van der Waals surface area contributed by atoms with Crippen molar-refractivity contribution in [3.05, 3.63) is 90.1 Å².